The van der Waals surface area contributed by atoms with Crippen LogP contribution in [0.2, 0.25) is 0 Å². The first-order valence-electron chi connectivity index (χ1n) is 6.54. The van der Waals surface area contributed by atoms with Crippen molar-refractivity contribution in [3.05, 3.63) is 11.4 Å². The molecule has 1 amide bonds. The van der Waals surface area contributed by atoms with Crippen LogP contribution in [0.4, 0.5) is 5.69 Å². The van der Waals surface area contributed by atoms with Gasteiger partial charge in [0.15, 0.2) is 0 Å². The SMILES string of the molecule is CCc1nn(C)c(C(=O)NC(CC)C(C)C)c1N. The number of nitrogens with zero attached hydrogens (tertiary/aromatic N) is 2. The lowest BCUT2D eigenvalue weighted by Gasteiger charge is -2.20. The van der Waals surface area contributed by atoms with Gasteiger partial charge in [-0.2, -0.15) is 5.10 Å². The van der Waals surface area contributed by atoms with Crippen LogP contribution in [0.15, 0.2) is 0 Å². The molecule has 1 aromatic rings. The lowest BCUT2D eigenvalue weighted by Crippen LogP contribution is -2.39. The minimum atomic E-state index is -0.136. The molecule has 0 saturated carbocycles. The van der Waals surface area contributed by atoms with E-state index in [2.05, 4.69) is 31.2 Å². The first-order chi connectivity index (χ1) is 8.42. The molecule has 0 fully saturated rings. The van der Waals surface area contributed by atoms with Gasteiger partial charge in [0.1, 0.15) is 5.69 Å². The third kappa shape index (κ3) is 2.83. The molecule has 0 radical (unpaired) electrons. The zero-order valence-corrected chi connectivity index (χ0v) is 11.9. The predicted molar refractivity (Wildman–Crippen MR) is 73.4 cm³/mol. The Kier molecular flexibility index (Phi) is 4.76. The zero-order valence-electron chi connectivity index (χ0n) is 11.9. The van der Waals surface area contributed by atoms with Crippen LogP contribution in [-0.4, -0.2) is 21.7 Å². The Bertz CT molecular complexity index is 423. The molecule has 1 rings (SSSR count). The van der Waals surface area contributed by atoms with Crippen molar-refractivity contribution in [1.82, 2.24) is 15.1 Å². The second kappa shape index (κ2) is 5.89. The van der Waals surface area contributed by atoms with Gasteiger partial charge in [0.2, 0.25) is 0 Å². The van der Waals surface area contributed by atoms with Gasteiger partial charge in [-0.1, -0.05) is 27.7 Å². The summed E-state index contributed by atoms with van der Waals surface area (Å²) in [5.74, 6) is 0.266. The molecule has 3 N–H and O–H groups in total. The van der Waals surface area contributed by atoms with Crippen LogP contribution >= 0.6 is 0 Å². The fourth-order valence-electron chi connectivity index (χ4n) is 2.10. The third-order valence-electron chi connectivity index (χ3n) is 3.27. The van der Waals surface area contributed by atoms with E-state index in [0.29, 0.717) is 17.3 Å². The Morgan fingerprint density at radius 3 is 2.44 bits per heavy atom. The van der Waals surface area contributed by atoms with Crippen LogP contribution in [0.1, 0.15) is 50.3 Å². The Labute approximate surface area is 109 Å². The molecule has 0 aliphatic rings. The average Bonchev–Trinajstić information content (AvgIpc) is 2.60. The van der Waals surface area contributed by atoms with Crippen LogP contribution in [-0.2, 0) is 13.5 Å². The molecule has 102 valence electrons. The highest BCUT2D eigenvalue weighted by Crippen LogP contribution is 2.17. The first kappa shape index (κ1) is 14.5. The number of carbonyl (C=O) groups excluding carboxylic acids is 1. The van der Waals surface area contributed by atoms with Crippen molar-refractivity contribution < 1.29 is 4.79 Å². The summed E-state index contributed by atoms with van der Waals surface area (Å²) in [5, 5.41) is 7.28. The molecule has 0 spiro atoms. The fourth-order valence-corrected chi connectivity index (χ4v) is 2.10. The number of carbonyl (C=O) groups is 1. The highest BCUT2D eigenvalue weighted by molar-refractivity contribution is 5.98. The average molecular weight is 252 g/mol. The Morgan fingerprint density at radius 2 is 2.06 bits per heavy atom. The quantitative estimate of drug-likeness (QED) is 0.838. The van der Waals surface area contributed by atoms with E-state index in [4.69, 9.17) is 5.73 Å². The van der Waals surface area contributed by atoms with Crippen LogP contribution in [0.25, 0.3) is 0 Å². The lowest BCUT2D eigenvalue weighted by molar-refractivity contribution is 0.0916. The summed E-state index contributed by atoms with van der Waals surface area (Å²) in [6.07, 6.45) is 1.64. The summed E-state index contributed by atoms with van der Waals surface area (Å²) in [7, 11) is 1.75. The van der Waals surface area contributed by atoms with E-state index in [1.165, 1.54) is 0 Å². The second-order valence-corrected chi connectivity index (χ2v) is 4.92. The number of anilines is 1. The monoisotopic (exact) mass is 252 g/mol. The molecule has 1 heterocycles. The highest BCUT2D eigenvalue weighted by atomic mass is 16.2. The number of hydrogen-bond acceptors (Lipinski definition) is 3. The number of aryl methyl sites for hydroxylation is 2. The minimum Gasteiger partial charge on any atom is -0.395 e. The van der Waals surface area contributed by atoms with Gasteiger partial charge in [-0.3, -0.25) is 9.48 Å². The van der Waals surface area contributed by atoms with Gasteiger partial charge < -0.3 is 11.1 Å². The number of aromatic nitrogens is 2. The van der Waals surface area contributed by atoms with E-state index < -0.39 is 0 Å². The van der Waals surface area contributed by atoms with Crippen molar-refractivity contribution in [2.45, 2.75) is 46.6 Å². The number of nitrogens with one attached hydrogen (secondary N) is 1. The van der Waals surface area contributed by atoms with Crippen molar-refractivity contribution in [3.63, 3.8) is 0 Å². The van der Waals surface area contributed by atoms with Crippen molar-refractivity contribution in [1.29, 1.82) is 0 Å². The maximum absolute atomic E-state index is 12.2. The summed E-state index contributed by atoms with van der Waals surface area (Å²) < 4.78 is 1.57. The van der Waals surface area contributed by atoms with Crippen molar-refractivity contribution >= 4 is 11.6 Å². The first-order valence-corrected chi connectivity index (χ1v) is 6.54. The number of hydrogen-bond donors (Lipinski definition) is 2. The van der Waals surface area contributed by atoms with E-state index >= 15 is 0 Å². The fraction of sp³-hybridized carbons (Fsp3) is 0.692. The number of nitrogens with two attached hydrogens (primary N) is 1. The summed E-state index contributed by atoms with van der Waals surface area (Å²) in [6, 6.07) is 0.164. The van der Waals surface area contributed by atoms with Gasteiger partial charge >= 0.3 is 0 Å². The molecule has 5 nitrogen and oxygen atoms in total. The summed E-state index contributed by atoms with van der Waals surface area (Å²) in [6.45, 7) is 8.23. The van der Waals surface area contributed by atoms with Gasteiger partial charge in [0.25, 0.3) is 5.91 Å². The maximum atomic E-state index is 12.2. The van der Waals surface area contributed by atoms with Gasteiger partial charge in [-0.05, 0) is 18.8 Å². The third-order valence-corrected chi connectivity index (χ3v) is 3.27. The van der Waals surface area contributed by atoms with Crippen LogP contribution in [0.5, 0.6) is 0 Å². The molecule has 1 unspecified atom stereocenters. The molecule has 1 aromatic heterocycles. The van der Waals surface area contributed by atoms with Crippen LogP contribution < -0.4 is 11.1 Å². The van der Waals surface area contributed by atoms with Gasteiger partial charge in [0.05, 0.1) is 11.4 Å². The van der Waals surface area contributed by atoms with E-state index in [1.54, 1.807) is 11.7 Å². The van der Waals surface area contributed by atoms with Crippen molar-refractivity contribution in [2.24, 2.45) is 13.0 Å². The molecule has 1 atom stereocenters. The van der Waals surface area contributed by atoms with E-state index in [0.717, 1.165) is 18.5 Å². The lowest BCUT2D eigenvalue weighted by atomic mass is 10.0. The number of nitrogen functional groups attached to an aromatic ring is 1. The zero-order chi connectivity index (χ0) is 13.9. The van der Waals surface area contributed by atoms with Gasteiger partial charge in [0, 0.05) is 13.1 Å². The molecular formula is C13H24N4O. The maximum Gasteiger partial charge on any atom is 0.271 e. The summed E-state index contributed by atoms with van der Waals surface area (Å²) in [5.41, 5.74) is 7.70. The van der Waals surface area contributed by atoms with Crippen LogP contribution in [0, 0.1) is 5.92 Å². The summed E-state index contributed by atoms with van der Waals surface area (Å²) >= 11 is 0. The molecule has 0 aliphatic carbocycles. The smallest absolute Gasteiger partial charge is 0.271 e. The molecule has 0 bridgehead atoms. The highest BCUT2D eigenvalue weighted by Gasteiger charge is 2.22. The summed E-state index contributed by atoms with van der Waals surface area (Å²) in [4.78, 5) is 12.2. The largest absolute Gasteiger partial charge is 0.395 e. The van der Waals surface area contributed by atoms with Gasteiger partial charge in [-0.25, -0.2) is 0 Å². The number of amides is 1. The van der Waals surface area contributed by atoms with Crippen molar-refractivity contribution in [2.75, 3.05) is 5.73 Å². The Hall–Kier alpha value is -1.52. The number of rotatable bonds is 5. The van der Waals surface area contributed by atoms with E-state index in [-0.39, 0.29) is 11.9 Å². The van der Waals surface area contributed by atoms with Crippen LogP contribution in [0.3, 0.4) is 0 Å². The molecule has 0 aliphatic heterocycles. The van der Waals surface area contributed by atoms with E-state index in [9.17, 15) is 4.79 Å². The normalized spacial score (nSPS) is 12.8. The van der Waals surface area contributed by atoms with E-state index in [1.807, 2.05) is 6.92 Å². The molecule has 0 aromatic carbocycles. The van der Waals surface area contributed by atoms with Crippen molar-refractivity contribution in [3.8, 4) is 0 Å². The Morgan fingerprint density at radius 1 is 1.44 bits per heavy atom. The molecule has 0 saturated heterocycles. The molecule has 18 heavy (non-hydrogen) atoms. The van der Waals surface area contributed by atoms with Gasteiger partial charge in [-0.15, -0.1) is 0 Å². The minimum absolute atomic E-state index is 0.136. The standard InChI is InChI=1S/C13H24N4O/c1-6-9(8(3)4)15-13(18)12-11(14)10(7-2)16-17(12)5/h8-9H,6-7,14H2,1-5H3,(H,15,18). The Balaban J connectivity index is 2.94. The predicted octanol–water partition coefficient (Wildman–Crippen LogP) is 1.73. The second-order valence-electron chi connectivity index (χ2n) is 4.92. The topological polar surface area (TPSA) is 72.9 Å². The molecular weight excluding hydrogens is 228 g/mol. The molecule has 5 heteroatoms.